The number of aryl methyl sites for hydroxylation is 1. The number of rotatable bonds is 2. The van der Waals surface area contributed by atoms with Gasteiger partial charge in [-0.05, 0) is 40.7 Å². The lowest BCUT2D eigenvalue weighted by molar-refractivity contribution is 1.11. The van der Waals surface area contributed by atoms with Crippen molar-refractivity contribution in [3.63, 3.8) is 0 Å². The summed E-state index contributed by atoms with van der Waals surface area (Å²) in [5.74, 6) is 0. The summed E-state index contributed by atoms with van der Waals surface area (Å²) in [6.07, 6.45) is 1.74. The number of nitrogens with two attached hydrogens (primary N) is 1. The molecular formula is C9H8BrN3S2. The number of aromatic nitrogens is 2. The van der Waals surface area contributed by atoms with Crippen molar-refractivity contribution in [2.75, 3.05) is 5.73 Å². The SMILES string of the molecule is Cc1csc(Sc2ncc(Br)cc2N)n1. The molecule has 0 aliphatic rings. The molecule has 0 aromatic carbocycles. The molecule has 0 aliphatic heterocycles. The Kier molecular flexibility index (Phi) is 3.28. The zero-order valence-electron chi connectivity index (χ0n) is 7.90. The zero-order chi connectivity index (χ0) is 10.8. The van der Waals surface area contributed by atoms with Crippen LogP contribution < -0.4 is 5.73 Å². The average Bonchev–Trinajstić information content (AvgIpc) is 2.56. The Labute approximate surface area is 104 Å². The van der Waals surface area contributed by atoms with Gasteiger partial charge in [0, 0.05) is 21.7 Å². The van der Waals surface area contributed by atoms with Crippen LogP contribution >= 0.6 is 39.0 Å². The third kappa shape index (κ3) is 2.70. The molecule has 2 rings (SSSR count). The van der Waals surface area contributed by atoms with Crippen LogP contribution in [0.5, 0.6) is 0 Å². The van der Waals surface area contributed by atoms with Crippen LogP contribution in [-0.2, 0) is 0 Å². The van der Waals surface area contributed by atoms with E-state index >= 15 is 0 Å². The number of pyridine rings is 1. The summed E-state index contributed by atoms with van der Waals surface area (Å²) < 4.78 is 1.86. The minimum absolute atomic E-state index is 0.669. The maximum absolute atomic E-state index is 5.84. The van der Waals surface area contributed by atoms with Crippen LogP contribution in [0.15, 0.2) is 31.5 Å². The number of hydrogen-bond donors (Lipinski definition) is 1. The number of anilines is 1. The van der Waals surface area contributed by atoms with E-state index in [-0.39, 0.29) is 0 Å². The van der Waals surface area contributed by atoms with Gasteiger partial charge in [0.05, 0.1) is 5.69 Å². The number of hydrogen-bond acceptors (Lipinski definition) is 5. The number of halogens is 1. The lowest BCUT2D eigenvalue weighted by Gasteiger charge is -2.01. The highest BCUT2D eigenvalue weighted by molar-refractivity contribution is 9.10. The first-order chi connectivity index (χ1) is 7.15. The Bertz CT molecular complexity index is 484. The standard InChI is InChI=1S/C9H8BrN3S2/c1-5-4-14-9(13-5)15-8-7(11)2-6(10)3-12-8/h2-4H,11H2,1H3. The van der Waals surface area contributed by atoms with Crippen LogP contribution in [0, 0.1) is 6.92 Å². The molecule has 2 aromatic heterocycles. The van der Waals surface area contributed by atoms with E-state index in [1.807, 2.05) is 18.4 Å². The van der Waals surface area contributed by atoms with Gasteiger partial charge >= 0.3 is 0 Å². The highest BCUT2D eigenvalue weighted by Gasteiger charge is 2.06. The van der Waals surface area contributed by atoms with Gasteiger partial charge in [0.1, 0.15) is 5.03 Å². The zero-order valence-corrected chi connectivity index (χ0v) is 11.1. The van der Waals surface area contributed by atoms with Crippen molar-refractivity contribution in [2.24, 2.45) is 0 Å². The second-order valence-corrected chi connectivity index (χ2v) is 5.91. The molecular weight excluding hydrogens is 294 g/mol. The van der Waals surface area contributed by atoms with Gasteiger partial charge in [0.25, 0.3) is 0 Å². The minimum Gasteiger partial charge on any atom is -0.396 e. The van der Waals surface area contributed by atoms with Gasteiger partial charge in [-0.2, -0.15) is 0 Å². The fraction of sp³-hybridized carbons (Fsp3) is 0.111. The van der Waals surface area contributed by atoms with Crippen LogP contribution in [0.3, 0.4) is 0 Å². The Balaban J connectivity index is 2.24. The van der Waals surface area contributed by atoms with E-state index in [4.69, 9.17) is 5.73 Å². The van der Waals surface area contributed by atoms with Crippen molar-refractivity contribution in [1.82, 2.24) is 9.97 Å². The summed E-state index contributed by atoms with van der Waals surface area (Å²) in [5, 5.41) is 2.81. The number of thiazole rings is 1. The quantitative estimate of drug-likeness (QED) is 0.924. The van der Waals surface area contributed by atoms with Gasteiger partial charge in [-0.3, -0.25) is 0 Å². The van der Waals surface area contributed by atoms with Gasteiger partial charge in [-0.25, -0.2) is 9.97 Å². The summed E-state index contributed by atoms with van der Waals surface area (Å²) in [7, 11) is 0. The summed E-state index contributed by atoms with van der Waals surface area (Å²) in [6.45, 7) is 1.97. The van der Waals surface area contributed by atoms with Crippen molar-refractivity contribution in [3.8, 4) is 0 Å². The maximum Gasteiger partial charge on any atom is 0.156 e. The molecule has 6 heteroatoms. The van der Waals surface area contributed by atoms with Gasteiger partial charge < -0.3 is 5.73 Å². The molecule has 2 heterocycles. The van der Waals surface area contributed by atoms with E-state index in [1.165, 1.54) is 11.8 Å². The summed E-state index contributed by atoms with van der Waals surface area (Å²) in [5.41, 5.74) is 7.53. The third-order valence-corrected chi connectivity index (χ3v) is 4.15. The second-order valence-electron chi connectivity index (χ2n) is 2.90. The first-order valence-corrected chi connectivity index (χ1v) is 6.65. The smallest absolute Gasteiger partial charge is 0.156 e. The van der Waals surface area contributed by atoms with E-state index in [0.717, 1.165) is 19.5 Å². The summed E-state index contributed by atoms with van der Waals surface area (Å²) >= 11 is 6.42. The van der Waals surface area contributed by atoms with E-state index in [9.17, 15) is 0 Å². The molecule has 78 valence electrons. The van der Waals surface area contributed by atoms with Crippen molar-refractivity contribution < 1.29 is 0 Å². The van der Waals surface area contributed by atoms with E-state index in [2.05, 4.69) is 25.9 Å². The molecule has 15 heavy (non-hydrogen) atoms. The molecule has 3 nitrogen and oxygen atoms in total. The highest BCUT2D eigenvalue weighted by Crippen LogP contribution is 2.33. The fourth-order valence-electron chi connectivity index (χ4n) is 0.990. The Morgan fingerprint density at radius 2 is 2.33 bits per heavy atom. The first-order valence-electron chi connectivity index (χ1n) is 4.16. The monoisotopic (exact) mass is 301 g/mol. The largest absolute Gasteiger partial charge is 0.396 e. The molecule has 0 spiro atoms. The molecule has 0 unspecified atom stereocenters. The van der Waals surface area contributed by atoms with Gasteiger partial charge in [0.2, 0.25) is 0 Å². The molecule has 0 saturated heterocycles. The Morgan fingerprint density at radius 3 is 2.93 bits per heavy atom. The molecule has 0 aliphatic carbocycles. The van der Waals surface area contributed by atoms with Crippen LogP contribution in [0.4, 0.5) is 5.69 Å². The summed E-state index contributed by atoms with van der Waals surface area (Å²) in [6, 6.07) is 1.84. The van der Waals surface area contributed by atoms with Crippen LogP contribution in [0.2, 0.25) is 0 Å². The lowest BCUT2D eigenvalue weighted by atomic mass is 10.4. The Hall–Kier alpha value is -0.590. The first kappa shape index (κ1) is 10.9. The highest BCUT2D eigenvalue weighted by atomic mass is 79.9. The molecule has 2 N–H and O–H groups in total. The normalized spacial score (nSPS) is 10.5. The van der Waals surface area contributed by atoms with Crippen LogP contribution in [0.25, 0.3) is 0 Å². The van der Waals surface area contributed by atoms with Crippen molar-refractivity contribution in [2.45, 2.75) is 16.3 Å². The predicted octanol–water partition coefficient (Wildman–Crippen LogP) is 3.34. The predicted molar refractivity (Wildman–Crippen MR) is 67.3 cm³/mol. The van der Waals surface area contributed by atoms with Gasteiger partial charge in [0.15, 0.2) is 4.34 Å². The van der Waals surface area contributed by atoms with Crippen molar-refractivity contribution >= 4 is 44.7 Å². The van der Waals surface area contributed by atoms with Crippen molar-refractivity contribution in [1.29, 1.82) is 0 Å². The van der Waals surface area contributed by atoms with E-state index in [0.29, 0.717) is 5.69 Å². The fourth-order valence-corrected chi connectivity index (χ4v) is 3.07. The van der Waals surface area contributed by atoms with Crippen LogP contribution in [-0.4, -0.2) is 9.97 Å². The van der Waals surface area contributed by atoms with Gasteiger partial charge in [-0.15, -0.1) is 11.3 Å². The summed E-state index contributed by atoms with van der Waals surface area (Å²) in [4.78, 5) is 8.58. The molecule has 0 saturated carbocycles. The molecule has 0 fully saturated rings. The number of nitrogen functional groups attached to an aromatic ring is 1. The molecule has 2 aromatic rings. The minimum atomic E-state index is 0.669. The third-order valence-electron chi connectivity index (χ3n) is 1.63. The topological polar surface area (TPSA) is 51.8 Å². The van der Waals surface area contributed by atoms with Gasteiger partial charge in [-0.1, -0.05) is 0 Å². The van der Waals surface area contributed by atoms with Crippen LogP contribution in [0.1, 0.15) is 5.69 Å². The average molecular weight is 302 g/mol. The molecule has 0 radical (unpaired) electrons. The van der Waals surface area contributed by atoms with Crippen molar-refractivity contribution in [3.05, 3.63) is 27.8 Å². The lowest BCUT2D eigenvalue weighted by Crippen LogP contribution is -1.91. The second kappa shape index (κ2) is 4.51. The Morgan fingerprint density at radius 1 is 1.53 bits per heavy atom. The molecule has 0 atom stereocenters. The number of nitrogens with zero attached hydrogens (tertiary/aromatic N) is 2. The molecule has 0 bridgehead atoms. The van der Waals surface area contributed by atoms with E-state index in [1.54, 1.807) is 17.5 Å². The van der Waals surface area contributed by atoms with E-state index < -0.39 is 0 Å². The molecule has 0 amide bonds. The maximum atomic E-state index is 5.84.